The normalized spacial score (nSPS) is 21.5. The van der Waals surface area contributed by atoms with Crippen molar-refractivity contribution in [3.63, 3.8) is 0 Å². The molecule has 338 valence electrons. The number of aromatic amines is 2. The molecule has 4 amide bonds. The van der Waals surface area contributed by atoms with Crippen LogP contribution in [0.25, 0.3) is 44.2 Å². The molecule has 0 unspecified atom stereocenters. The fraction of sp³-hybridized carbons (Fsp3) is 0.510. The first kappa shape index (κ1) is 43.5. The summed E-state index contributed by atoms with van der Waals surface area (Å²) in [4.78, 5) is 74.3. The van der Waals surface area contributed by atoms with E-state index in [2.05, 4.69) is 88.3 Å². The summed E-state index contributed by atoms with van der Waals surface area (Å²) in [6.45, 7) is 5.27. The lowest BCUT2D eigenvalue weighted by Gasteiger charge is -2.34. The van der Waals surface area contributed by atoms with Crippen LogP contribution in [0.1, 0.15) is 101 Å². The maximum absolute atomic E-state index is 14.5. The van der Waals surface area contributed by atoms with Gasteiger partial charge in [-0.3, -0.25) is 9.59 Å². The molecule has 2 aliphatic heterocycles. The number of aromatic nitrogens is 4. The molecular formula is C49H62N8O6Si. The fourth-order valence-electron chi connectivity index (χ4n) is 11.1. The lowest BCUT2D eigenvalue weighted by atomic mass is 9.83. The molecule has 4 N–H and O–H groups in total. The molecule has 2 saturated heterocycles. The number of ether oxygens (including phenoxy) is 2. The minimum atomic E-state index is -1.79. The van der Waals surface area contributed by atoms with E-state index >= 15 is 0 Å². The van der Waals surface area contributed by atoms with Gasteiger partial charge in [-0.1, -0.05) is 94.1 Å². The second-order valence-corrected chi connectivity index (χ2v) is 24.4. The van der Waals surface area contributed by atoms with Crippen molar-refractivity contribution < 1.29 is 28.7 Å². The number of methoxy groups -OCH3 is 2. The quantitative estimate of drug-likeness (QED) is 0.100. The second-order valence-electron chi connectivity index (χ2n) is 19.3. The average molecular weight is 887 g/mol. The molecule has 0 bridgehead atoms. The number of alkyl carbamates (subject to hydrolysis) is 2. The Labute approximate surface area is 375 Å². The molecule has 5 aromatic rings. The van der Waals surface area contributed by atoms with E-state index in [1.54, 1.807) is 0 Å². The van der Waals surface area contributed by atoms with Gasteiger partial charge in [-0.05, 0) is 90.6 Å². The van der Waals surface area contributed by atoms with Crippen LogP contribution in [-0.2, 0) is 19.1 Å². The first-order chi connectivity index (χ1) is 31.0. The van der Waals surface area contributed by atoms with Crippen LogP contribution in [-0.4, -0.2) is 101 Å². The Morgan fingerprint density at radius 3 is 1.94 bits per heavy atom. The summed E-state index contributed by atoms with van der Waals surface area (Å²) in [5, 5.41) is 7.95. The number of amides is 4. The van der Waals surface area contributed by atoms with Gasteiger partial charge < -0.3 is 39.9 Å². The van der Waals surface area contributed by atoms with E-state index < -0.39 is 32.3 Å². The van der Waals surface area contributed by atoms with Gasteiger partial charge in [0, 0.05) is 18.1 Å². The summed E-state index contributed by atoms with van der Waals surface area (Å²) in [6, 6.07) is 18.4. The number of hydrogen-bond acceptors (Lipinski definition) is 8. The van der Waals surface area contributed by atoms with Crippen LogP contribution < -0.4 is 10.6 Å². The van der Waals surface area contributed by atoms with Crippen molar-refractivity contribution in [3.05, 3.63) is 72.4 Å². The predicted octanol–water partition coefficient (Wildman–Crippen LogP) is 9.18. The van der Waals surface area contributed by atoms with E-state index in [-0.39, 0.29) is 35.7 Å². The van der Waals surface area contributed by atoms with E-state index in [9.17, 15) is 19.2 Å². The number of H-pyrrole nitrogens is 2. The Bertz CT molecular complexity index is 2510. The number of hydrogen-bond donors (Lipinski definition) is 4. The summed E-state index contributed by atoms with van der Waals surface area (Å²) < 4.78 is 9.89. The number of benzene rings is 3. The highest BCUT2D eigenvalue weighted by Gasteiger charge is 2.47. The van der Waals surface area contributed by atoms with Crippen molar-refractivity contribution in [1.82, 2.24) is 40.4 Å². The topological polar surface area (TPSA) is 175 Å². The van der Waals surface area contributed by atoms with Crippen LogP contribution >= 0.6 is 0 Å². The highest BCUT2D eigenvalue weighted by molar-refractivity contribution is 6.78. The zero-order valence-corrected chi connectivity index (χ0v) is 38.6. The van der Waals surface area contributed by atoms with Crippen LogP contribution in [0.4, 0.5) is 9.59 Å². The minimum Gasteiger partial charge on any atom is -0.453 e. The molecule has 64 heavy (non-hydrogen) atoms. The van der Waals surface area contributed by atoms with Crippen molar-refractivity contribution in [2.24, 2.45) is 11.8 Å². The summed E-state index contributed by atoms with van der Waals surface area (Å²) >= 11 is 0. The molecule has 4 heterocycles. The van der Waals surface area contributed by atoms with Gasteiger partial charge in [0.2, 0.25) is 11.8 Å². The van der Waals surface area contributed by atoms with Gasteiger partial charge in [0.05, 0.1) is 57.3 Å². The van der Waals surface area contributed by atoms with Gasteiger partial charge in [-0.15, -0.1) is 0 Å². The molecule has 3 aromatic carbocycles. The number of carbonyl (C=O) groups excluding carboxylic acids is 4. The van der Waals surface area contributed by atoms with Crippen molar-refractivity contribution >= 4 is 53.9 Å². The van der Waals surface area contributed by atoms with Crippen LogP contribution in [0, 0.1) is 11.8 Å². The van der Waals surface area contributed by atoms with Gasteiger partial charge >= 0.3 is 12.2 Å². The summed E-state index contributed by atoms with van der Waals surface area (Å²) in [5.41, 5.74) is 5.85. The number of fused-ring (bicyclic) bond motifs is 3. The maximum Gasteiger partial charge on any atom is 0.407 e. The lowest BCUT2D eigenvalue weighted by Crippen LogP contribution is -2.53. The summed E-state index contributed by atoms with van der Waals surface area (Å²) in [7, 11) is 0.895. The zero-order valence-electron chi connectivity index (χ0n) is 37.6. The van der Waals surface area contributed by atoms with Gasteiger partial charge in [-0.25, -0.2) is 19.6 Å². The first-order valence-corrected chi connectivity index (χ1v) is 26.8. The monoisotopic (exact) mass is 886 g/mol. The lowest BCUT2D eigenvalue weighted by molar-refractivity contribution is -0.136. The third-order valence-electron chi connectivity index (χ3n) is 14.5. The number of nitrogens with one attached hydrogen (secondary N) is 4. The van der Waals surface area contributed by atoms with Crippen LogP contribution in [0.2, 0.25) is 19.1 Å². The number of nitrogens with zero attached hydrogens (tertiary/aromatic N) is 4. The molecule has 0 radical (unpaired) electrons. The maximum atomic E-state index is 14.5. The van der Waals surface area contributed by atoms with Crippen molar-refractivity contribution in [3.8, 4) is 22.4 Å². The molecule has 2 saturated carbocycles. The molecule has 2 aliphatic carbocycles. The first-order valence-electron chi connectivity index (χ1n) is 23.4. The third-order valence-corrected chi connectivity index (χ3v) is 17.2. The van der Waals surface area contributed by atoms with Crippen molar-refractivity contribution in [2.45, 2.75) is 120 Å². The Balaban J connectivity index is 0.917. The van der Waals surface area contributed by atoms with E-state index in [1.807, 2.05) is 16.0 Å². The molecule has 4 fully saturated rings. The Kier molecular flexibility index (Phi) is 12.5. The predicted molar refractivity (Wildman–Crippen MR) is 249 cm³/mol. The average Bonchev–Trinajstić information content (AvgIpc) is 4.16. The number of carbonyl (C=O) groups is 4. The van der Waals surface area contributed by atoms with Gasteiger partial charge in [0.25, 0.3) is 0 Å². The van der Waals surface area contributed by atoms with Gasteiger partial charge in [0.1, 0.15) is 23.7 Å². The molecule has 4 atom stereocenters. The molecule has 15 heteroatoms. The minimum absolute atomic E-state index is 0.0316. The van der Waals surface area contributed by atoms with E-state index in [4.69, 9.17) is 19.4 Å². The molecule has 9 rings (SSSR count). The summed E-state index contributed by atoms with van der Waals surface area (Å²) in [6.07, 6.45) is 13.3. The molecular weight excluding hydrogens is 825 g/mol. The smallest absolute Gasteiger partial charge is 0.407 e. The highest BCUT2D eigenvalue weighted by Crippen LogP contribution is 2.41. The van der Waals surface area contributed by atoms with E-state index in [0.717, 1.165) is 139 Å². The summed E-state index contributed by atoms with van der Waals surface area (Å²) in [5.74, 6) is 1.64. The van der Waals surface area contributed by atoms with Crippen molar-refractivity contribution in [2.75, 3.05) is 26.9 Å². The van der Waals surface area contributed by atoms with Crippen LogP contribution in [0.5, 0.6) is 0 Å². The Hall–Kier alpha value is -5.70. The number of likely N-dealkylation sites (tertiary alicyclic amines) is 1. The van der Waals surface area contributed by atoms with Crippen LogP contribution in [0.15, 0.2) is 60.8 Å². The number of imidazole rings is 2. The molecule has 0 spiro atoms. The van der Waals surface area contributed by atoms with Crippen molar-refractivity contribution in [1.29, 1.82) is 0 Å². The SMILES string of the molecule is COC(=O)N[C@H](C(=O)N1CCC[C@H]1c1ncc(-c2ccc(-c3ccc4c(ccc5nc([C@@H]6C[Si](C)(C)CN6C(=O)[C@@H](NC(=O)OC)C6CCCCC6)[nH]c54)c3)cc2)[nH]1)C1CCCCC1. The molecule has 14 nitrogen and oxygen atoms in total. The van der Waals surface area contributed by atoms with E-state index in [1.165, 1.54) is 14.2 Å². The fourth-order valence-corrected chi connectivity index (χ4v) is 14.0. The second kappa shape index (κ2) is 18.4. The van der Waals surface area contributed by atoms with Crippen LogP contribution in [0.3, 0.4) is 0 Å². The molecule has 4 aliphatic rings. The third kappa shape index (κ3) is 8.87. The van der Waals surface area contributed by atoms with Gasteiger partial charge in [-0.2, -0.15) is 0 Å². The Morgan fingerprint density at radius 2 is 1.30 bits per heavy atom. The zero-order chi connectivity index (χ0) is 44.5. The highest BCUT2D eigenvalue weighted by atomic mass is 28.3. The number of rotatable bonds is 10. The standard InChI is InChI=1S/C49H62N8O6Si/c1-62-48(60)54-41(32-12-7-5-8-13-32)46(58)56-25-11-16-39(56)44-50-27-38(52-44)31-19-17-30(18-20-31)34-21-23-36-35(26-34)22-24-37-43(36)53-45(51-37)40-28-64(3,4)29-57(40)47(59)42(55-49(61)63-2)33-14-9-6-10-15-33/h17-24,26-27,32-33,39-42H,5-16,25,28-29H2,1-4H3,(H,50,52)(H,51,53)(H,54,60)(H,55,61)/t39-,40-,41-,42-/m0/s1. The molecule has 2 aromatic heterocycles. The largest absolute Gasteiger partial charge is 0.453 e. The Morgan fingerprint density at radius 1 is 0.688 bits per heavy atom. The van der Waals surface area contributed by atoms with Gasteiger partial charge in [0.15, 0.2) is 0 Å². The van der Waals surface area contributed by atoms with E-state index in [0.29, 0.717) is 12.7 Å².